The Labute approximate surface area is 166 Å². The van der Waals surface area contributed by atoms with Gasteiger partial charge in [-0.1, -0.05) is 23.0 Å². The third-order valence-electron chi connectivity index (χ3n) is 4.66. The first-order valence-electron chi connectivity index (χ1n) is 8.72. The van der Waals surface area contributed by atoms with Gasteiger partial charge in [0.1, 0.15) is 29.2 Å². The van der Waals surface area contributed by atoms with Gasteiger partial charge in [-0.05, 0) is 32.3 Å². The fraction of sp³-hybridized carbons (Fsp3) is 0.368. The van der Waals surface area contributed by atoms with E-state index in [1.807, 2.05) is 19.9 Å². The zero-order valence-electron chi connectivity index (χ0n) is 15.9. The van der Waals surface area contributed by atoms with Crippen LogP contribution in [-0.4, -0.2) is 34.3 Å². The standard InChI is InChI=1S/C19H21N3O5S/c1-10(5-7-14(23)21-19-22-20-9-28-19)4-6-12-16(24)15-13(8-27-18(15)25)11(2)17(12)26-3/h4,9,24H,5-8H2,1-3H3,(H,21,22,23). The van der Waals surface area contributed by atoms with E-state index in [0.717, 1.165) is 11.1 Å². The molecule has 2 heterocycles. The second-order valence-corrected chi connectivity index (χ2v) is 7.29. The summed E-state index contributed by atoms with van der Waals surface area (Å²) in [5, 5.41) is 21.2. The number of anilines is 1. The van der Waals surface area contributed by atoms with Crippen LogP contribution in [0.25, 0.3) is 0 Å². The molecule has 1 aromatic heterocycles. The first kappa shape index (κ1) is 19.8. The summed E-state index contributed by atoms with van der Waals surface area (Å²) in [4.78, 5) is 23.9. The molecule has 1 aliphatic rings. The molecule has 28 heavy (non-hydrogen) atoms. The van der Waals surface area contributed by atoms with Crippen LogP contribution in [-0.2, 0) is 22.6 Å². The van der Waals surface area contributed by atoms with Crippen LogP contribution in [0.1, 0.15) is 46.8 Å². The molecule has 1 amide bonds. The summed E-state index contributed by atoms with van der Waals surface area (Å²) < 4.78 is 10.5. The van der Waals surface area contributed by atoms with Crippen molar-refractivity contribution in [2.45, 2.75) is 39.7 Å². The highest BCUT2D eigenvalue weighted by Crippen LogP contribution is 2.42. The quantitative estimate of drug-likeness (QED) is 0.540. The molecule has 1 aliphatic heterocycles. The Hall–Kier alpha value is -2.94. The Morgan fingerprint density at radius 1 is 1.46 bits per heavy atom. The summed E-state index contributed by atoms with van der Waals surface area (Å²) in [5.74, 6) is -0.208. The number of ether oxygens (including phenoxy) is 2. The van der Waals surface area contributed by atoms with Crippen LogP contribution in [0.3, 0.4) is 0 Å². The van der Waals surface area contributed by atoms with Gasteiger partial charge in [0.2, 0.25) is 11.0 Å². The Balaban J connectivity index is 1.71. The molecular weight excluding hydrogens is 382 g/mol. The molecule has 0 unspecified atom stereocenters. The lowest BCUT2D eigenvalue weighted by atomic mass is 9.94. The van der Waals surface area contributed by atoms with E-state index in [0.29, 0.717) is 41.3 Å². The summed E-state index contributed by atoms with van der Waals surface area (Å²) in [5.41, 5.74) is 4.74. The highest BCUT2D eigenvalue weighted by molar-refractivity contribution is 7.13. The summed E-state index contributed by atoms with van der Waals surface area (Å²) in [7, 11) is 1.53. The van der Waals surface area contributed by atoms with E-state index in [1.165, 1.54) is 18.4 Å². The van der Waals surface area contributed by atoms with Crippen molar-refractivity contribution in [3.63, 3.8) is 0 Å². The number of phenolic OH excluding ortho intramolecular Hbond substituents is 1. The zero-order valence-corrected chi connectivity index (χ0v) is 16.7. The molecule has 1 aromatic carbocycles. The number of cyclic esters (lactones) is 1. The second-order valence-electron chi connectivity index (χ2n) is 6.46. The van der Waals surface area contributed by atoms with E-state index in [4.69, 9.17) is 9.47 Å². The third-order valence-corrected chi connectivity index (χ3v) is 5.26. The average Bonchev–Trinajstić information content (AvgIpc) is 3.31. The molecule has 8 nitrogen and oxygen atoms in total. The summed E-state index contributed by atoms with van der Waals surface area (Å²) in [6, 6.07) is 0. The summed E-state index contributed by atoms with van der Waals surface area (Å²) in [6.07, 6.45) is 3.16. The number of nitrogens with zero attached hydrogens (tertiary/aromatic N) is 2. The second kappa shape index (κ2) is 8.39. The highest BCUT2D eigenvalue weighted by Gasteiger charge is 2.31. The van der Waals surface area contributed by atoms with E-state index in [-0.39, 0.29) is 23.8 Å². The molecule has 148 valence electrons. The number of rotatable bonds is 7. The number of nitrogens with one attached hydrogen (secondary N) is 1. The average molecular weight is 403 g/mol. The molecule has 0 atom stereocenters. The van der Waals surface area contributed by atoms with Gasteiger partial charge >= 0.3 is 5.97 Å². The number of carbonyl (C=O) groups excluding carboxylic acids is 2. The van der Waals surface area contributed by atoms with Gasteiger partial charge in [-0.2, -0.15) is 0 Å². The summed E-state index contributed by atoms with van der Waals surface area (Å²) >= 11 is 1.26. The Morgan fingerprint density at radius 3 is 2.93 bits per heavy atom. The molecule has 0 saturated heterocycles. The number of aromatic nitrogens is 2. The van der Waals surface area contributed by atoms with E-state index >= 15 is 0 Å². The monoisotopic (exact) mass is 403 g/mol. The van der Waals surface area contributed by atoms with Gasteiger partial charge in [0.15, 0.2) is 0 Å². The maximum Gasteiger partial charge on any atom is 0.342 e. The minimum atomic E-state index is -0.520. The van der Waals surface area contributed by atoms with E-state index < -0.39 is 5.97 Å². The van der Waals surface area contributed by atoms with Crippen molar-refractivity contribution in [3.05, 3.63) is 39.4 Å². The number of esters is 1. The molecule has 2 aromatic rings. The molecule has 9 heteroatoms. The van der Waals surface area contributed by atoms with Crippen molar-refractivity contribution in [2.75, 3.05) is 12.4 Å². The number of hydrogen-bond donors (Lipinski definition) is 2. The largest absolute Gasteiger partial charge is 0.507 e. The van der Waals surface area contributed by atoms with Crippen molar-refractivity contribution in [3.8, 4) is 11.5 Å². The van der Waals surface area contributed by atoms with Gasteiger partial charge in [-0.25, -0.2) is 4.79 Å². The molecule has 0 aliphatic carbocycles. The van der Waals surface area contributed by atoms with Gasteiger partial charge in [0.25, 0.3) is 0 Å². The van der Waals surface area contributed by atoms with Gasteiger partial charge in [0.05, 0.1) is 7.11 Å². The van der Waals surface area contributed by atoms with E-state index in [9.17, 15) is 14.7 Å². The SMILES string of the molecule is COc1c(C)c2c(c(O)c1CC=C(C)CCC(=O)Nc1nncs1)C(=O)OC2. The highest BCUT2D eigenvalue weighted by atomic mass is 32.1. The maximum atomic E-state index is 11.9. The van der Waals surface area contributed by atoms with Gasteiger partial charge in [-0.15, -0.1) is 10.2 Å². The molecule has 0 saturated carbocycles. The molecule has 0 radical (unpaired) electrons. The van der Waals surface area contributed by atoms with Crippen molar-refractivity contribution in [1.29, 1.82) is 0 Å². The smallest absolute Gasteiger partial charge is 0.342 e. The first-order chi connectivity index (χ1) is 13.4. The number of phenols is 1. The number of aromatic hydroxyl groups is 1. The van der Waals surface area contributed by atoms with Crippen LogP contribution in [0.2, 0.25) is 0 Å². The molecule has 3 rings (SSSR count). The zero-order chi connectivity index (χ0) is 20.3. The number of hydrogen-bond acceptors (Lipinski definition) is 8. The van der Waals surface area contributed by atoms with Crippen LogP contribution < -0.4 is 10.1 Å². The van der Waals surface area contributed by atoms with Crippen LogP contribution in [0.15, 0.2) is 17.2 Å². The minimum Gasteiger partial charge on any atom is -0.507 e. The number of methoxy groups -OCH3 is 1. The molecule has 0 spiro atoms. The molecular formula is C19H21N3O5S. The summed E-state index contributed by atoms with van der Waals surface area (Å²) in [6.45, 7) is 3.90. The Bertz CT molecular complexity index is 938. The van der Waals surface area contributed by atoms with Crippen LogP contribution in [0, 0.1) is 6.92 Å². The number of fused-ring (bicyclic) bond motifs is 1. The van der Waals surface area contributed by atoms with Crippen molar-refractivity contribution in [2.24, 2.45) is 0 Å². The Morgan fingerprint density at radius 2 is 2.25 bits per heavy atom. The Kier molecular flexibility index (Phi) is 5.93. The minimum absolute atomic E-state index is 0.0991. The topological polar surface area (TPSA) is 111 Å². The van der Waals surface area contributed by atoms with Gasteiger partial charge in [-0.3, -0.25) is 4.79 Å². The van der Waals surface area contributed by atoms with Gasteiger partial charge in [0, 0.05) is 17.5 Å². The molecule has 0 fully saturated rings. The lowest BCUT2D eigenvalue weighted by molar-refractivity contribution is -0.116. The first-order valence-corrected chi connectivity index (χ1v) is 9.60. The number of amides is 1. The molecule has 2 N–H and O–H groups in total. The number of carbonyl (C=O) groups is 2. The fourth-order valence-corrected chi connectivity index (χ4v) is 3.59. The van der Waals surface area contributed by atoms with Crippen LogP contribution in [0.4, 0.5) is 5.13 Å². The maximum absolute atomic E-state index is 11.9. The predicted molar refractivity (Wildman–Crippen MR) is 104 cm³/mol. The lowest BCUT2D eigenvalue weighted by Crippen LogP contribution is -2.11. The molecule has 0 bridgehead atoms. The van der Waals surface area contributed by atoms with Gasteiger partial charge < -0.3 is 19.9 Å². The van der Waals surface area contributed by atoms with Crippen molar-refractivity contribution < 1.29 is 24.2 Å². The van der Waals surface area contributed by atoms with Crippen molar-refractivity contribution >= 4 is 28.3 Å². The number of benzene rings is 1. The van der Waals surface area contributed by atoms with Crippen molar-refractivity contribution in [1.82, 2.24) is 10.2 Å². The normalized spacial score (nSPS) is 13.2. The van der Waals surface area contributed by atoms with Crippen LogP contribution in [0.5, 0.6) is 11.5 Å². The fourth-order valence-electron chi connectivity index (χ4n) is 3.13. The van der Waals surface area contributed by atoms with E-state index in [2.05, 4.69) is 15.5 Å². The third kappa shape index (κ3) is 3.99. The number of allylic oxidation sites excluding steroid dienone is 2. The predicted octanol–water partition coefficient (Wildman–Crippen LogP) is 3.14. The van der Waals surface area contributed by atoms with E-state index in [1.54, 1.807) is 5.51 Å². The van der Waals surface area contributed by atoms with Crippen LogP contribution >= 0.6 is 11.3 Å². The lowest BCUT2D eigenvalue weighted by Gasteiger charge is -2.15.